The fourth-order valence-corrected chi connectivity index (χ4v) is 1.21. The molecule has 0 radical (unpaired) electrons. The highest BCUT2D eigenvalue weighted by Crippen LogP contribution is 2.24. The van der Waals surface area contributed by atoms with Gasteiger partial charge in [0, 0.05) is 18.5 Å². The monoisotopic (exact) mass is 280 g/mol. The highest BCUT2D eigenvalue weighted by molar-refractivity contribution is 5.81. The molecule has 11 nitrogen and oxygen atoms in total. The van der Waals surface area contributed by atoms with E-state index >= 15 is 0 Å². The van der Waals surface area contributed by atoms with E-state index in [0.717, 1.165) is 0 Å². The molecule has 0 aliphatic heterocycles. The molecule has 1 unspecified atom stereocenters. The second kappa shape index (κ2) is 7.31. The van der Waals surface area contributed by atoms with Crippen molar-refractivity contribution in [2.24, 2.45) is 11.1 Å². The number of rotatable bonds is 9. The maximum Gasteiger partial charge on any atom is 0.295 e. The minimum absolute atomic E-state index is 0.0998. The van der Waals surface area contributed by atoms with Crippen LogP contribution in [0, 0.1) is 25.6 Å². The molecule has 1 amide bonds. The lowest BCUT2D eigenvalue weighted by Gasteiger charge is -2.30. The fourth-order valence-electron chi connectivity index (χ4n) is 1.21. The molecular weight excluding hydrogens is 264 g/mol. The Morgan fingerprint density at radius 2 is 1.95 bits per heavy atom. The summed E-state index contributed by atoms with van der Waals surface area (Å²) in [4.78, 5) is 40.6. The molecule has 0 rings (SSSR count). The van der Waals surface area contributed by atoms with Gasteiger partial charge in [-0.15, -0.1) is 20.2 Å². The number of nitrogens with two attached hydrogens (primary N) is 1. The summed E-state index contributed by atoms with van der Waals surface area (Å²) >= 11 is 0. The molecule has 110 valence electrons. The smallest absolute Gasteiger partial charge is 0.295 e. The van der Waals surface area contributed by atoms with Crippen LogP contribution in [-0.4, -0.2) is 41.9 Å². The Morgan fingerprint density at radius 3 is 2.37 bits per heavy atom. The van der Waals surface area contributed by atoms with Crippen molar-refractivity contribution in [3.63, 3.8) is 0 Å². The number of carbonyl (C=O) groups excluding carboxylic acids is 1. The normalized spacial score (nSPS) is 12.4. The number of amides is 1. The van der Waals surface area contributed by atoms with Gasteiger partial charge in [-0.25, -0.2) is 0 Å². The molecule has 0 aromatic carbocycles. The van der Waals surface area contributed by atoms with Crippen LogP contribution in [0.3, 0.4) is 0 Å². The largest absolute Gasteiger partial charge is 0.353 e. The Hall–Kier alpha value is -2.17. The van der Waals surface area contributed by atoms with Gasteiger partial charge in [-0.3, -0.25) is 9.63 Å². The van der Waals surface area contributed by atoms with Crippen molar-refractivity contribution in [3.8, 4) is 0 Å². The lowest BCUT2D eigenvalue weighted by atomic mass is 9.87. The standard InChI is InChI=1S/C8H16N4O7/c1-8(2,5-18-11(14)15)6(19-12(16)17)7(13)10-4-3-9/h6H,3-5,9H2,1-2H3,(H,10,13). The predicted octanol–water partition coefficient (Wildman–Crippen LogP) is -1.13. The van der Waals surface area contributed by atoms with Crippen LogP contribution in [0.25, 0.3) is 0 Å². The molecule has 0 aliphatic carbocycles. The molecule has 0 bridgehead atoms. The first-order chi connectivity index (χ1) is 8.70. The van der Waals surface area contributed by atoms with Gasteiger partial charge in [0.2, 0.25) is 5.91 Å². The summed E-state index contributed by atoms with van der Waals surface area (Å²) in [6.45, 7) is 2.44. The van der Waals surface area contributed by atoms with Crippen LogP contribution in [-0.2, 0) is 14.5 Å². The average Bonchev–Trinajstić information content (AvgIpc) is 2.30. The van der Waals surface area contributed by atoms with E-state index in [-0.39, 0.29) is 13.1 Å². The maximum absolute atomic E-state index is 11.7. The first kappa shape index (κ1) is 16.8. The zero-order valence-electron chi connectivity index (χ0n) is 10.5. The van der Waals surface area contributed by atoms with Crippen LogP contribution < -0.4 is 11.1 Å². The summed E-state index contributed by atoms with van der Waals surface area (Å²) < 4.78 is 0. The van der Waals surface area contributed by atoms with E-state index in [1.54, 1.807) is 0 Å². The van der Waals surface area contributed by atoms with Gasteiger partial charge in [0.25, 0.3) is 10.2 Å². The predicted molar refractivity (Wildman–Crippen MR) is 60.7 cm³/mol. The minimum atomic E-state index is -1.55. The zero-order chi connectivity index (χ0) is 15.1. The number of hydrogen-bond acceptors (Lipinski definition) is 8. The maximum atomic E-state index is 11.7. The Balaban J connectivity index is 4.83. The van der Waals surface area contributed by atoms with Crippen LogP contribution in [0.2, 0.25) is 0 Å². The average molecular weight is 280 g/mol. The quantitative estimate of drug-likeness (QED) is 0.396. The topological polar surface area (TPSA) is 160 Å². The van der Waals surface area contributed by atoms with E-state index in [9.17, 15) is 25.0 Å². The molecule has 0 fully saturated rings. The van der Waals surface area contributed by atoms with E-state index in [1.807, 2.05) is 0 Å². The number of nitrogens with one attached hydrogen (secondary N) is 1. The highest BCUT2D eigenvalue weighted by Gasteiger charge is 2.39. The highest BCUT2D eigenvalue weighted by atomic mass is 17.0. The molecule has 3 N–H and O–H groups in total. The van der Waals surface area contributed by atoms with Gasteiger partial charge in [0.1, 0.15) is 6.61 Å². The van der Waals surface area contributed by atoms with Crippen molar-refractivity contribution < 1.29 is 24.6 Å². The van der Waals surface area contributed by atoms with Crippen molar-refractivity contribution >= 4 is 5.91 Å². The van der Waals surface area contributed by atoms with Gasteiger partial charge in [0.15, 0.2) is 6.10 Å². The third-order valence-corrected chi connectivity index (χ3v) is 2.12. The molecule has 0 aromatic heterocycles. The fraction of sp³-hybridized carbons (Fsp3) is 0.875. The second-order valence-electron chi connectivity index (χ2n) is 4.27. The van der Waals surface area contributed by atoms with Crippen LogP contribution in [0.1, 0.15) is 13.8 Å². The van der Waals surface area contributed by atoms with Crippen LogP contribution in [0.5, 0.6) is 0 Å². The van der Waals surface area contributed by atoms with Crippen molar-refractivity contribution in [2.75, 3.05) is 19.7 Å². The first-order valence-corrected chi connectivity index (χ1v) is 5.27. The number of carbonyl (C=O) groups is 1. The minimum Gasteiger partial charge on any atom is -0.353 e. The van der Waals surface area contributed by atoms with Gasteiger partial charge in [-0.05, 0) is 0 Å². The van der Waals surface area contributed by atoms with E-state index in [4.69, 9.17) is 5.73 Å². The SMILES string of the molecule is CC(C)(CO[N+](=O)[O-])C(O[N+](=O)[O-])C(=O)NCCN. The Labute approximate surface area is 108 Å². The summed E-state index contributed by atoms with van der Waals surface area (Å²) in [6.07, 6.45) is -1.55. The van der Waals surface area contributed by atoms with Gasteiger partial charge < -0.3 is 15.9 Å². The molecule has 0 spiro atoms. The summed E-state index contributed by atoms with van der Waals surface area (Å²) in [5, 5.41) is 20.6. The van der Waals surface area contributed by atoms with Crippen LogP contribution >= 0.6 is 0 Å². The summed E-state index contributed by atoms with van der Waals surface area (Å²) in [7, 11) is 0. The molecule has 1 atom stereocenters. The Kier molecular flexibility index (Phi) is 6.47. The third kappa shape index (κ3) is 6.35. The van der Waals surface area contributed by atoms with E-state index in [0.29, 0.717) is 0 Å². The van der Waals surface area contributed by atoms with Gasteiger partial charge in [-0.2, -0.15) is 0 Å². The molecule has 0 saturated carbocycles. The summed E-state index contributed by atoms with van der Waals surface area (Å²) in [5.41, 5.74) is 3.90. The molecule has 0 aromatic rings. The van der Waals surface area contributed by atoms with Gasteiger partial charge >= 0.3 is 0 Å². The van der Waals surface area contributed by atoms with Crippen molar-refractivity contribution in [3.05, 3.63) is 20.2 Å². The summed E-state index contributed by atoms with van der Waals surface area (Å²) in [5.74, 6) is -0.793. The Bertz CT molecular complexity index is 346. The Morgan fingerprint density at radius 1 is 1.37 bits per heavy atom. The van der Waals surface area contributed by atoms with Crippen LogP contribution in [0.4, 0.5) is 0 Å². The molecular formula is C8H16N4O7. The molecule has 0 aliphatic rings. The van der Waals surface area contributed by atoms with Crippen molar-refractivity contribution in [2.45, 2.75) is 20.0 Å². The third-order valence-electron chi connectivity index (χ3n) is 2.12. The molecule has 0 saturated heterocycles. The van der Waals surface area contributed by atoms with E-state index < -0.39 is 34.2 Å². The molecule has 19 heavy (non-hydrogen) atoms. The number of hydrogen-bond donors (Lipinski definition) is 2. The van der Waals surface area contributed by atoms with E-state index in [2.05, 4.69) is 15.0 Å². The van der Waals surface area contributed by atoms with E-state index in [1.165, 1.54) is 13.8 Å². The zero-order valence-corrected chi connectivity index (χ0v) is 10.5. The van der Waals surface area contributed by atoms with Gasteiger partial charge in [-0.1, -0.05) is 13.8 Å². The first-order valence-electron chi connectivity index (χ1n) is 5.27. The molecule has 11 heteroatoms. The van der Waals surface area contributed by atoms with Crippen LogP contribution in [0.15, 0.2) is 0 Å². The lowest BCUT2D eigenvalue weighted by molar-refractivity contribution is -0.776. The van der Waals surface area contributed by atoms with Crippen molar-refractivity contribution in [1.29, 1.82) is 0 Å². The number of nitrogens with zero attached hydrogens (tertiary/aromatic N) is 2. The summed E-state index contributed by atoms with van der Waals surface area (Å²) in [6, 6.07) is 0. The second-order valence-corrected chi connectivity index (χ2v) is 4.27. The molecule has 0 heterocycles. The van der Waals surface area contributed by atoms with Crippen molar-refractivity contribution in [1.82, 2.24) is 5.32 Å². The van der Waals surface area contributed by atoms with Gasteiger partial charge in [0.05, 0.1) is 0 Å². The lowest BCUT2D eigenvalue weighted by Crippen LogP contribution is -2.49.